The number of carbonyl (C=O) groups excluding carboxylic acids is 1. The average molecular weight is 230 g/mol. The Hall–Kier alpha value is -1.97. The lowest BCUT2D eigenvalue weighted by Crippen LogP contribution is -2.00. The number of carbonyl (C=O) groups is 1. The van der Waals surface area contributed by atoms with Gasteiger partial charge in [-0.3, -0.25) is 4.79 Å². The quantitative estimate of drug-likeness (QED) is 0.790. The molecule has 4 nitrogen and oxygen atoms in total. The summed E-state index contributed by atoms with van der Waals surface area (Å²) in [4.78, 5) is 15.4. The van der Waals surface area contributed by atoms with Crippen LogP contribution in [-0.4, -0.2) is 15.9 Å². The monoisotopic (exact) mass is 230 g/mol. The Morgan fingerprint density at radius 3 is 2.76 bits per heavy atom. The zero-order valence-corrected chi connectivity index (χ0v) is 9.72. The van der Waals surface area contributed by atoms with Crippen LogP contribution in [0, 0.1) is 0 Å². The number of nitrogens with zero attached hydrogens (tertiary/aromatic N) is 2. The maximum Gasteiger partial charge on any atom is 0.234 e. The summed E-state index contributed by atoms with van der Waals surface area (Å²) in [6.07, 6.45) is 1.36. The highest BCUT2D eigenvalue weighted by Gasteiger charge is 2.10. The van der Waals surface area contributed by atoms with Gasteiger partial charge in [-0.05, 0) is 5.56 Å². The van der Waals surface area contributed by atoms with Crippen LogP contribution in [0.3, 0.4) is 0 Å². The number of hydrogen-bond donors (Lipinski definition) is 0. The highest BCUT2D eigenvalue weighted by molar-refractivity contribution is 5.79. The second-order valence-corrected chi connectivity index (χ2v) is 3.84. The molecule has 2 aromatic rings. The smallest absolute Gasteiger partial charge is 0.234 e. The molecule has 1 heterocycles. The SMILES string of the molecule is CCC(=O)Cc1nc(Cc2ccccc2)no1. The van der Waals surface area contributed by atoms with Crippen molar-refractivity contribution >= 4 is 5.78 Å². The predicted octanol–water partition coefficient (Wildman–Crippen LogP) is 2.18. The zero-order chi connectivity index (χ0) is 12.1. The summed E-state index contributed by atoms with van der Waals surface area (Å²) < 4.78 is 5.03. The van der Waals surface area contributed by atoms with E-state index in [9.17, 15) is 4.79 Å². The molecule has 0 unspecified atom stereocenters. The maximum absolute atomic E-state index is 11.2. The van der Waals surface area contributed by atoms with Gasteiger partial charge in [0.2, 0.25) is 5.89 Å². The van der Waals surface area contributed by atoms with E-state index in [0.29, 0.717) is 24.6 Å². The molecule has 4 heteroatoms. The average Bonchev–Trinajstić information content (AvgIpc) is 2.77. The predicted molar refractivity (Wildman–Crippen MR) is 62.5 cm³/mol. The molecule has 17 heavy (non-hydrogen) atoms. The molecule has 0 N–H and O–H groups in total. The van der Waals surface area contributed by atoms with Crippen LogP contribution in [-0.2, 0) is 17.6 Å². The molecule has 0 fully saturated rings. The van der Waals surface area contributed by atoms with E-state index in [1.54, 1.807) is 0 Å². The van der Waals surface area contributed by atoms with Crippen LogP contribution in [0.2, 0.25) is 0 Å². The molecule has 1 aromatic heterocycles. The van der Waals surface area contributed by atoms with Gasteiger partial charge in [-0.2, -0.15) is 4.98 Å². The highest BCUT2D eigenvalue weighted by atomic mass is 16.5. The Labute approximate surface area is 99.7 Å². The van der Waals surface area contributed by atoms with Crippen molar-refractivity contribution in [1.82, 2.24) is 10.1 Å². The Bertz CT molecular complexity index is 491. The molecule has 0 saturated heterocycles. The molecule has 0 aliphatic rings. The molecule has 0 aliphatic carbocycles. The summed E-state index contributed by atoms with van der Waals surface area (Å²) >= 11 is 0. The second-order valence-electron chi connectivity index (χ2n) is 3.84. The van der Waals surface area contributed by atoms with Crippen molar-refractivity contribution in [2.24, 2.45) is 0 Å². The fraction of sp³-hybridized carbons (Fsp3) is 0.308. The van der Waals surface area contributed by atoms with Crippen LogP contribution in [0.15, 0.2) is 34.9 Å². The van der Waals surface area contributed by atoms with Gasteiger partial charge in [-0.25, -0.2) is 0 Å². The lowest BCUT2D eigenvalue weighted by atomic mass is 10.1. The van der Waals surface area contributed by atoms with E-state index in [1.165, 1.54) is 0 Å². The van der Waals surface area contributed by atoms with Gasteiger partial charge in [0.1, 0.15) is 5.78 Å². The first-order chi connectivity index (χ1) is 8.28. The van der Waals surface area contributed by atoms with E-state index in [0.717, 1.165) is 5.56 Å². The largest absolute Gasteiger partial charge is 0.339 e. The molecule has 0 radical (unpaired) electrons. The molecule has 1 aromatic carbocycles. The summed E-state index contributed by atoms with van der Waals surface area (Å²) in [6, 6.07) is 9.92. The number of ketones is 1. The van der Waals surface area contributed by atoms with Crippen molar-refractivity contribution in [3.05, 3.63) is 47.6 Å². The Morgan fingerprint density at radius 1 is 1.29 bits per heavy atom. The summed E-state index contributed by atoms with van der Waals surface area (Å²) in [6.45, 7) is 1.82. The van der Waals surface area contributed by atoms with Crippen molar-refractivity contribution in [2.45, 2.75) is 26.2 Å². The minimum absolute atomic E-state index is 0.111. The Morgan fingerprint density at radius 2 is 2.06 bits per heavy atom. The van der Waals surface area contributed by atoms with Crippen molar-refractivity contribution in [1.29, 1.82) is 0 Å². The standard InChI is InChI=1S/C13H14N2O2/c1-2-11(16)9-13-14-12(15-17-13)8-10-6-4-3-5-7-10/h3-7H,2,8-9H2,1H3. The van der Waals surface area contributed by atoms with Gasteiger partial charge in [0.05, 0.1) is 6.42 Å². The van der Waals surface area contributed by atoms with Gasteiger partial charge in [0.25, 0.3) is 0 Å². The molecular weight excluding hydrogens is 216 g/mol. The van der Waals surface area contributed by atoms with E-state index in [2.05, 4.69) is 10.1 Å². The molecule has 0 saturated carbocycles. The van der Waals surface area contributed by atoms with E-state index < -0.39 is 0 Å². The normalized spacial score (nSPS) is 10.4. The Kier molecular flexibility index (Phi) is 3.65. The van der Waals surface area contributed by atoms with E-state index in [1.807, 2.05) is 37.3 Å². The number of rotatable bonds is 5. The lowest BCUT2D eigenvalue weighted by Gasteiger charge is -1.94. The number of aromatic nitrogens is 2. The summed E-state index contributed by atoms with van der Waals surface area (Å²) in [7, 11) is 0. The van der Waals surface area contributed by atoms with Crippen molar-refractivity contribution < 1.29 is 9.32 Å². The van der Waals surface area contributed by atoms with Crippen LogP contribution in [0.1, 0.15) is 30.6 Å². The van der Waals surface area contributed by atoms with Crippen molar-refractivity contribution in [3.63, 3.8) is 0 Å². The molecule has 0 bridgehead atoms. The molecule has 88 valence electrons. The van der Waals surface area contributed by atoms with E-state index >= 15 is 0 Å². The van der Waals surface area contributed by atoms with Crippen LogP contribution < -0.4 is 0 Å². The number of benzene rings is 1. The first-order valence-electron chi connectivity index (χ1n) is 5.65. The van der Waals surface area contributed by atoms with Gasteiger partial charge < -0.3 is 4.52 Å². The van der Waals surface area contributed by atoms with Crippen LogP contribution in [0.25, 0.3) is 0 Å². The molecule has 0 aliphatic heterocycles. The van der Waals surface area contributed by atoms with Crippen LogP contribution in [0.5, 0.6) is 0 Å². The van der Waals surface area contributed by atoms with Crippen molar-refractivity contribution in [2.75, 3.05) is 0 Å². The topological polar surface area (TPSA) is 56.0 Å². The molecule has 2 rings (SSSR count). The third kappa shape index (κ3) is 3.24. The number of hydrogen-bond acceptors (Lipinski definition) is 4. The first kappa shape index (κ1) is 11.5. The fourth-order valence-electron chi connectivity index (χ4n) is 1.51. The fourth-order valence-corrected chi connectivity index (χ4v) is 1.51. The van der Waals surface area contributed by atoms with E-state index in [-0.39, 0.29) is 12.2 Å². The molecule has 0 amide bonds. The third-order valence-electron chi connectivity index (χ3n) is 2.46. The van der Waals surface area contributed by atoms with Gasteiger partial charge in [-0.15, -0.1) is 0 Å². The maximum atomic E-state index is 11.2. The second kappa shape index (κ2) is 5.39. The zero-order valence-electron chi connectivity index (χ0n) is 9.72. The van der Waals surface area contributed by atoms with Crippen LogP contribution >= 0.6 is 0 Å². The van der Waals surface area contributed by atoms with Crippen molar-refractivity contribution in [3.8, 4) is 0 Å². The van der Waals surface area contributed by atoms with Gasteiger partial charge in [0, 0.05) is 12.8 Å². The number of Topliss-reactive ketones (excluding diaryl/α,β-unsaturated/α-hetero) is 1. The lowest BCUT2D eigenvalue weighted by molar-refractivity contribution is -0.118. The molecule has 0 atom stereocenters. The summed E-state index contributed by atoms with van der Waals surface area (Å²) in [5, 5.41) is 3.86. The first-order valence-corrected chi connectivity index (χ1v) is 5.65. The minimum Gasteiger partial charge on any atom is -0.339 e. The van der Waals surface area contributed by atoms with Gasteiger partial charge >= 0.3 is 0 Å². The summed E-state index contributed by atoms with van der Waals surface area (Å²) in [5.74, 6) is 1.14. The van der Waals surface area contributed by atoms with Gasteiger partial charge in [0.15, 0.2) is 5.82 Å². The molecular formula is C13H14N2O2. The van der Waals surface area contributed by atoms with Gasteiger partial charge in [-0.1, -0.05) is 42.4 Å². The Balaban J connectivity index is 2.01. The highest BCUT2D eigenvalue weighted by Crippen LogP contribution is 2.07. The van der Waals surface area contributed by atoms with Crippen LogP contribution in [0.4, 0.5) is 0 Å². The minimum atomic E-state index is 0.111. The third-order valence-corrected chi connectivity index (χ3v) is 2.46. The van der Waals surface area contributed by atoms with E-state index in [4.69, 9.17) is 4.52 Å². The molecule has 0 spiro atoms. The summed E-state index contributed by atoms with van der Waals surface area (Å²) in [5.41, 5.74) is 1.13.